The van der Waals surface area contributed by atoms with Crippen LogP contribution in [0.5, 0.6) is 0 Å². The predicted octanol–water partition coefficient (Wildman–Crippen LogP) is 0.384. The first kappa shape index (κ1) is 17.9. The Labute approximate surface area is 148 Å². The summed E-state index contributed by atoms with van der Waals surface area (Å²) in [6.07, 6.45) is 5.19. The molecular formula is C18H28N4O3. The van der Waals surface area contributed by atoms with E-state index in [1.807, 2.05) is 13.8 Å². The van der Waals surface area contributed by atoms with E-state index in [9.17, 15) is 9.59 Å². The Morgan fingerprint density at radius 2 is 1.84 bits per heavy atom. The number of hydrogen-bond donors (Lipinski definition) is 2. The van der Waals surface area contributed by atoms with Crippen molar-refractivity contribution >= 4 is 17.8 Å². The van der Waals surface area contributed by atoms with Gasteiger partial charge in [-0.15, -0.1) is 0 Å². The molecule has 2 bridgehead atoms. The lowest BCUT2D eigenvalue weighted by atomic mass is 9.85. The molecule has 25 heavy (non-hydrogen) atoms. The van der Waals surface area contributed by atoms with Crippen LogP contribution in [-0.2, 0) is 14.3 Å². The van der Waals surface area contributed by atoms with Gasteiger partial charge in [0.1, 0.15) is 0 Å². The lowest BCUT2D eigenvalue weighted by Gasteiger charge is -2.25. The molecule has 0 spiro atoms. The number of carbonyl (C=O) groups excluding carboxylic acids is 2. The number of carbonyl (C=O) groups is 2. The van der Waals surface area contributed by atoms with Crippen molar-refractivity contribution in [1.29, 1.82) is 0 Å². The minimum Gasteiger partial charge on any atom is -0.377 e. The van der Waals surface area contributed by atoms with Gasteiger partial charge in [0.25, 0.3) is 0 Å². The molecule has 4 unspecified atom stereocenters. The van der Waals surface area contributed by atoms with Gasteiger partial charge in [-0.25, -0.2) is 0 Å². The SMILES string of the molecule is CN=C(NCCN1C(=O)C2C3C=CC(C3)C2C1=O)NCC(C)(C)OC. The van der Waals surface area contributed by atoms with E-state index >= 15 is 0 Å². The molecule has 3 aliphatic rings. The second-order valence-electron chi connectivity index (χ2n) is 7.64. The lowest BCUT2D eigenvalue weighted by Crippen LogP contribution is -2.47. The van der Waals surface area contributed by atoms with E-state index in [1.54, 1.807) is 14.2 Å². The number of nitrogens with zero attached hydrogens (tertiary/aromatic N) is 2. The third kappa shape index (κ3) is 3.29. The van der Waals surface area contributed by atoms with Gasteiger partial charge in [-0.05, 0) is 32.1 Å². The summed E-state index contributed by atoms with van der Waals surface area (Å²) in [4.78, 5) is 30.8. The molecule has 2 N–H and O–H groups in total. The quantitative estimate of drug-likeness (QED) is 0.314. The predicted molar refractivity (Wildman–Crippen MR) is 94.9 cm³/mol. The van der Waals surface area contributed by atoms with E-state index in [1.165, 1.54) is 4.90 Å². The molecule has 2 fully saturated rings. The van der Waals surface area contributed by atoms with Crippen LogP contribution in [0, 0.1) is 23.7 Å². The largest absolute Gasteiger partial charge is 0.377 e. The molecule has 0 radical (unpaired) electrons. The fourth-order valence-electron chi connectivity index (χ4n) is 4.06. The van der Waals surface area contributed by atoms with Crippen molar-refractivity contribution < 1.29 is 14.3 Å². The van der Waals surface area contributed by atoms with Gasteiger partial charge in [-0.3, -0.25) is 19.5 Å². The normalized spacial score (nSPS) is 31.0. The Kier molecular flexibility index (Phi) is 4.86. The van der Waals surface area contributed by atoms with Crippen molar-refractivity contribution in [3.8, 4) is 0 Å². The van der Waals surface area contributed by atoms with E-state index in [-0.39, 0.29) is 41.1 Å². The maximum absolute atomic E-state index is 12.6. The molecule has 1 heterocycles. The number of methoxy groups -OCH3 is 1. The highest BCUT2D eigenvalue weighted by atomic mass is 16.5. The lowest BCUT2D eigenvalue weighted by molar-refractivity contribution is -0.140. The molecule has 3 rings (SSSR count). The summed E-state index contributed by atoms with van der Waals surface area (Å²) >= 11 is 0. The molecule has 2 amide bonds. The minimum absolute atomic E-state index is 0.00267. The summed E-state index contributed by atoms with van der Waals surface area (Å²) in [6, 6.07) is 0. The number of ether oxygens (including phenoxy) is 1. The van der Waals surface area contributed by atoms with Gasteiger partial charge in [0, 0.05) is 33.8 Å². The number of guanidine groups is 1. The van der Waals surface area contributed by atoms with E-state index in [0.29, 0.717) is 25.6 Å². The van der Waals surface area contributed by atoms with Crippen LogP contribution in [0.2, 0.25) is 0 Å². The summed E-state index contributed by atoms with van der Waals surface area (Å²) in [5, 5.41) is 6.35. The number of aliphatic imine (C=N–C) groups is 1. The average molecular weight is 348 g/mol. The van der Waals surface area contributed by atoms with E-state index in [4.69, 9.17) is 4.74 Å². The fraction of sp³-hybridized carbons (Fsp3) is 0.722. The standard InChI is InChI=1S/C18H28N4O3/c1-18(2,25-4)10-21-17(19-3)20-7-8-22-15(23)13-11-5-6-12(9-11)14(13)16(22)24/h5-6,11-14H,7-10H2,1-4H3,(H2,19,20,21). The Hall–Kier alpha value is -1.89. The van der Waals surface area contributed by atoms with Crippen molar-refractivity contribution in [2.24, 2.45) is 28.7 Å². The molecule has 138 valence electrons. The number of likely N-dealkylation sites (tertiary alicyclic amines) is 1. The number of amides is 2. The first-order valence-electron chi connectivity index (χ1n) is 8.91. The summed E-state index contributed by atoms with van der Waals surface area (Å²) in [5.74, 6) is 0.899. The Morgan fingerprint density at radius 3 is 2.36 bits per heavy atom. The summed E-state index contributed by atoms with van der Waals surface area (Å²) in [5.41, 5.74) is -0.303. The van der Waals surface area contributed by atoms with Gasteiger partial charge in [-0.2, -0.15) is 0 Å². The van der Waals surface area contributed by atoms with Crippen molar-refractivity contribution in [3.05, 3.63) is 12.2 Å². The van der Waals surface area contributed by atoms with Crippen LogP contribution in [0.15, 0.2) is 17.1 Å². The van der Waals surface area contributed by atoms with Crippen LogP contribution >= 0.6 is 0 Å². The number of nitrogens with one attached hydrogen (secondary N) is 2. The smallest absolute Gasteiger partial charge is 0.233 e. The van der Waals surface area contributed by atoms with Crippen molar-refractivity contribution in [2.75, 3.05) is 33.8 Å². The second-order valence-corrected chi connectivity index (χ2v) is 7.64. The number of hydrogen-bond acceptors (Lipinski definition) is 4. The summed E-state index contributed by atoms with van der Waals surface area (Å²) in [6.45, 7) is 5.42. The number of rotatable bonds is 6. The Balaban J connectivity index is 1.49. The van der Waals surface area contributed by atoms with Gasteiger partial charge >= 0.3 is 0 Å². The van der Waals surface area contributed by atoms with Crippen LogP contribution in [0.4, 0.5) is 0 Å². The highest BCUT2D eigenvalue weighted by molar-refractivity contribution is 6.06. The highest BCUT2D eigenvalue weighted by Crippen LogP contribution is 2.52. The Bertz CT molecular complexity index is 583. The zero-order chi connectivity index (χ0) is 18.2. The van der Waals surface area contributed by atoms with Gasteiger partial charge in [-0.1, -0.05) is 12.2 Å². The second kappa shape index (κ2) is 6.78. The molecule has 0 aromatic rings. The van der Waals surface area contributed by atoms with Gasteiger partial charge in [0.2, 0.25) is 11.8 Å². The minimum atomic E-state index is -0.303. The third-order valence-electron chi connectivity index (χ3n) is 5.65. The van der Waals surface area contributed by atoms with Crippen LogP contribution in [0.25, 0.3) is 0 Å². The number of imide groups is 1. The third-order valence-corrected chi connectivity index (χ3v) is 5.65. The van der Waals surface area contributed by atoms with Gasteiger partial charge in [0.15, 0.2) is 5.96 Å². The number of fused-ring (bicyclic) bond motifs is 5. The van der Waals surface area contributed by atoms with Gasteiger partial charge < -0.3 is 15.4 Å². The fourth-order valence-corrected chi connectivity index (χ4v) is 4.06. The highest BCUT2D eigenvalue weighted by Gasteiger charge is 2.58. The molecule has 1 aliphatic heterocycles. The maximum Gasteiger partial charge on any atom is 0.233 e. The zero-order valence-corrected chi connectivity index (χ0v) is 15.4. The molecule has 0 aromatic heterocycles. The molecule has 7 nitrogen and oxygen atoms in total. The maximum atomic E-state index is 12.6. The molecule has 7 heteroatoms. The Morgan fingerprint density at radius 1 is 1.24 bits per heavy atom. The van der Waals surface area contributed by atoms with Crippen LogP contribution in [0.3, 0.4) is 0 Å². The molecule has 1 saturated heterocycles. The molecule has 2 aliphatic carbocycles. The van der Waals surface area contributed by atoms with Gasteiger partial charge in [0.05, 0.1) is 17.4 Å². The molecule has 1 saturated carbocycles. The van der Waals surface area contributed by atoms with Crippen LogP contribution in [0.1, 0.15) is 20.3 Å². The molecule has 4 atom stereocenters. The van der Waals surface area contributed by atoms with E-state index in [2.05, 4.69) is 27.8 Å². The average Bonchev–Trinajstić information content (AvgIpc) is 3.27. The monoisotopic (exact) mass is 348 g/mol. The van der Waals surface area contributed by atoms with E-state index < -0.39 is 0 Å². The molecular weight excluding hydrogens is 320 g/mol. The van der Waals surface area contributed by atoms with Crippen molar-refractivity contribution in [1.82, 2.24) is 15.5 Å². The first-order chi connectivity index (χ1) is 11.9. The first-order valence-corrected chi connectivity index (χ1v) is 8.91. The summed E-state index contributed by atoms with van der Waals surface area (Å²) < 4.78 is 5.37. The van der Waals surface area contributed by atoms with Crippen molar-refractivity contribution in [3.63, 3.8) is 0 Å². The van der Waals surface area contributed by atoms with E-state index in [0.717, 1.165) is 6.42 Å². The summed E-state index contributed by atoms with van der Waals surface area (Å²) in [7, 11) is 3.36. The topological polar surface area (TPSA) is 83.0 Å². The zero-order valence-electron chi connectivity index (χ0n) is 15.4. The number of allylic oxidation sites excluding steroid dienone is 2. The van der Waals surface area contributed by atoms with Crippen LogP contribution in [-0.4, -0.2) is 62.1 Å². The molecule has 0 aromatic carbocycles. The van der Waals surface area contributed by atoms with Crippen LogP contribution < -0.4 is 10.6 Å². The van der Waals surface area contributed by atoms with Crippen molar-refractivity contribution in [2.45, 2.75) is 25.9 Å².